The van der Waals surface area contributed by atoms with Gasteiger partial charge in [-0.1, -0.05) is 24.3 Å². The second kappa shape index (κ2) is 9.30. The molecular formula is C24H23N5O2S3. The average Bonchev–Trinajstić information content (AvgIpc) is 3.59. The lowest BCUT2D eigenvalue weighted by molar-refractivity contribution is 0.321. The Morgan fingerprint density at radius 2 is 1.91 bits per heavy atom. The minimum Gasteiger partial charge on any atom is -0.351 e. The molecule has 0 radical (unpaired) electrons. The van der Waals surface area contributed by atoms with Crippen molar-refractivity contribution in [1.29, 1.82) is 0 Å². The topological polar surface area (TPSA) is 82.2 Å². The normalized spacial score (nSPS) is 12.0. The Labute approximate surface area is 206 Å². The molecule has 4 aromatic heterocycles. The Morgan fingerprint density at radius 3 is 2.68 bits per heavy atom. The van der Waals surface area contributed by atoms with Crippen molar-refractivity contribution in [3.05, 3.63) is 82.9 Å². The molecule has 0 fully saturated rings. The molecule has 0 saturated heterocycles. The Bertz CT molecular complexity index is 1510. The van der Waals surface area contributed by atoms with Gasteiger partial charge in [0.25, 0.3) is 10.0 Å². The van der Waals surface area contributed by atoms with Gasteiger partial charge in [-0.25, -0.2) is 13.4 Å². The van der Waals surface area contributed by atoms with Crippen LogP contribution in [0.2, 0.25) is 0 Å². The molecule has 0 aliphatic heterocycles. The first kappa shape index (κ1) is 22.7. The summed E-state index contributed by atoms with van der Waals surface area (Å²) in [7, 11) is 0.0402. The molecule has 5 rings (SSSR count). The highest BCUT2D eigenvalue weighted by atomic mass is 32.2. The fourth-order valence-electron chi connectivity index (χ4n) is 3.82. The number of sulfonamides is 1. The van der Waals surface area contributed by atoms with Crippen LogP contribution in [0.25, 0.3) is 21.6 Å². The summed E-state index contributed by atoms with van der Waals surface area (Å²) in [5.74, 6) is 0. The number of anilines is 1. The molecule has 10 heteroatoms. The number of benzene rings is 1. The van der Waals surface area contributed by atoms with Gasteiger partial charge < -0.3 is 4.98 Å². The van der Waals surface area contributed by atoms with Gasteiger partial charge in [-0.3, -0.25) is 14.2 Å². The summed E-state index contributed by atoms with van der Waals surface area (Å²) in [6.45, 7) is 1.59. The third-order valence-corrected chi connectivity index (χ3v) is 9.63. The van der Waals surface area contributed by atoms with Crippen LogP contribution >= 0.6 is 22.7 Å². The van der Waals surface area contributed by atoms with Crippen LogP contribution in [0.3, 0.4) is 0 Å². The van der Waals surface area contributed by atoms with Crippen LogP contribution in [0, 0.1) is 0 Å². The van der Waals surface area contributed by atoms with Crippen LogP contribution < -0.4 is 4.31 Å². The number of para-hydroxylation sites is 1. The van der Waals surface area contributed by atoms with Crippen molar-refractivity contribution in [1.82, 2.24) is 19.9 Å². The molecule has 1 aromatic carbocycles. The molecule has 4 heterocycles. The van der Waals surface area contributed by atoms with E-state index in [-0.39, 0.29) is 0 Å². The molecule has 0 unspecified atom stereocenters. The zero-order valence-corrected chi connectivity index (χ0v) is 21.1. The van der Waals surface area contributed by atoms with Crippen molar-refractivity contribution in [2.24, 2.45) is 0 Å². The van der Waals surface area contributed by atoms with Crippen LogP contribution in [0.4, 0.5) is 5.69 Å². The van der Waals surface area contributed by atoms with Crippen LogP contribution in [0.15, 0.2) is 76.7 Å². The van der Waals surface area contributed by atoms with E-state index in [1.807, 2.05) is 42.7 Å². The van der Waals surface area contributed by atoms with E-state index in [1.165, 1.54) is 21.2 Å². The summed E-state index contributed by atoms with van der Waals surface area (Å²) in [5, 5.41) is 3.57. The number of hydrogen-bond acceptors (Lipinski definition) is 7. The molecule has 0 aliphatic carbocycles. The predicted octanol–water partition coefficient (Wildman–Crippen LogP) is 5.21. The minimum absolute atomic E-state index is 0.318. The molecule has 34 heavy (non-hydrogen) atoms. The molecular weight excluding hydrogens is 486 g/mol. The SMILES string of the molecule is CN(Cc1cccnc1)Cc1cnc(-c2cc3cccc(N(C)S(=O)(=O)c4cccs4)c3[nH]2)s1. The fraction of sp³-hybridized carbons (Fsp3) is 0.167. The van der Waals surface area contributed by atoms with Crippen molar-refractivity contribution < 1.29 is 8.42 Å². The van der Waals surface area contributed by atoms with E-state index >= 15 is 0 Å². The lowest BCUT2D eigenvalue weighted by atomic mass is 10.2. The number of pyridine rings is 1. The number of nitrogens with one attached hydrogen (secondary N) is 1. The number of rotatable bonds is 8. The second-order valence-electron chi connectivity index (χ2n) is 7.99. The van der Waals surface area contributed by atoms with Gasteiger partial charge in [0.05, 0.1) is 16.9 Å². The lowest BCUT2D eigenvalue weighted by Gasteiger charge is -2.19. The first-order valence-corrected chi connectivity index (χ1v) is 13.7. The maximum absolute atomic E-state index is 13.1. The van der Waals surface area contributed by atoms with E-state index < -0.39 is 10.0 Å². The zero-order valence-electron chi connectivity index (χ0n) is 18.7. The molecule has 1 N–H and O–H groups in total. The number of fused-ring (bicyclic) bond motifs is 1. The van der Waals surface area contributed by atoms with E-state index in [2.05, 4.69) is 33.0 Å². The highest BCUT2D eigenvalue weighted by Crippen LogP contribution is 2.34. The first-order chi connectivity index (χ1) is 16.4. The number of hydrogen-bond donors (Lipinski definition) is 1. The van der Waals surface area contributed by atoms with Crippen molar-refractivity contribution in [2.75, 3.05) is 18.4 Å². The van der Waals surface area contributed by atoms with Crippen LogP contribution in [0.1, 0.15) is 10.4 Å². The molecule has 174 valence electrons. The third kappa shape index (κ3) is 4.49. The quantitative estimate of drug-likeness (QED) is 0.311. The average molecular weight is 510 g/mol. The van der Waals surface area contributed by atoms with Gasteiger partial charge in [0.15, 0.2) is 0 Å². The van der Waals surface area contributed by atoms with Crippen molar-refractivity contribution >= 4 is 49.3 Å². The molecule has 0 amide bonds. The fourth-order valence-corrected chi connectivity index (χ4v) is 7.16. The van der Waals surface area contributed by atoms with E-state index in [4.69, 9.17) is 0 Å². The van der Waals surface area contributed by atoms with E-state index in [1.54, 1.807) is 42.1 Å². The van der Waals surface area contributed by atoms with Crippen LogP contribution in [-0.4, -0.2) is 42.4 Å². The van der Waals surface area contributed by atoms with E-state index in [0.29, 0.717) is 9.90 Å². The largest absolute Gasteiger partial charge is 0.351 e. The summed E-state index contributed by atoms with van der Waals surface area (Å²) >= 11 is 2.84. The van der Waals surface area contributed by atoms with Crippen molar-refractivity contribution in [3.8, 4) is 10.7 Å². The molecule has 0 spiro atoms. The monoisotopic (exact) mass is 509 g/mol. The van der Waals surface area contributed by atoms with Gasteiger partial charge in [-0.15, -0.1) is 22.7 Å². The summed E-state index contributed by atoms with van der Waals surface area (Å²) in [6, 6.07) is 15.1. The van der Waals surface area contributed by atoms with E-state index in [0.717, 1.165) is 39.6 Å². The molecule has 0 saturated carbocycles. The van der Waals surface area contributed by atoms with Gasteiger partial charge in [0, 0.05) is 49.0 Å². The Kier molecular flexibility index (Phi) is 6.22. The number of aromatic amines is 1. The number of thiophene rings is 1. The third-order valence-electron chi connectivity index (χ3n) is 5.47. The summed E-state index contributed by atoms with van der Waals surface area (Å²) in [6.07, 6.45) is 5.56. The standard InChI is InChI=1S/C24H23N5O2S3/c1-28(15-17-6-4-10-25-13-17)16-19-14-26-24(33-19)20-12-18-7-3-8-21(23(18)27-20)29(2)34(30,31)22-9-5-11-32-22/h3-14,27H,15-16H2,1-2H3. The van der Waals surface area contributed by atoms with E-state index in [9.17, 15) is 8.42 Å². The van der Waals surface area contributed by atoms with Gasteiger partial charge in [0.2, 0.25) is 0 Å². The highest BCUT2D eigenvalue weighted by Gasteiger charge is 2.24. The number of aromatic nitrogens is 3. The van der Waals surface area contributed by atoms with Gasteiger partial charge in [-0.2, -0.15) is 0 Å². The van der Waals surface area contributed by atoms with Crippen molar-refractivity contribution in [3.63, 3.8) is 0 Å². The summed E-state index contributed by atoms with van der Waals surface area (Å²) < 4.78 is 27.8. The molecule has 0 atom stereocenters. The Morgan fingerprint density at radius 1 is 1.03 bits per heavy atom. The lowest BCUT2D eigenvalue weighted by Crippen LogP contribution is -2.26. The van der Waals surface area contributed by atoms with Gasteiger partial charge >= 0.3 is 0 Å². The van der Waals surface area contributed by atoms with Crippen LogP contribution in [-0.2, 0) is 23.1 Å². The smallest absolute Gasteiger partial charge is 0.273 e. The van der Waals surface area contributed by atoms with Crippen molar-refractivity contribution in [2.45, 2.75) is 17.3 Å². The molecule has 0 bridgehead atoms. The Balaban J connectivity index is 1.39. The van der Waals surface area contributed by atoms with Gasteiger partial charge in [0.1, 0.15) is 9.22 Å². The summed E-state index contributed by atoms with van der Waals surface area (Å²) in [5.41, 5.74) is 3.41. The maximum Gasteiger partial charge on any atom is 0.273 e. The van der Waals surface area contributed by atoms with Gasteiger partial charge in [-0.05, 0) is 42.3 Å². The Hall–Kier alpha value is -3.05. The number of nitrogens with zero attached hydrogens (tertiary/aromatic N) is 4. The maximum atomic E-state index is 13.1. The summed E-state index contributed by atoms with van der Waals surface area (Å²) in [4.78, 5) is 15.6. The number of H-pyrrole nitrogens is 1. The minimum atomic E-state index is -3.62. The first-order valence-electron chi connectivity index (χ1n) is 10.6. The molecule has 7 nitrogen and oxygen atoms in total. The zero-order chi connectivity index (χ0) is 23.7. The molecule has 5 aromatic rings. The highest BCUT2D eigenvalue weighted by molar-refractivity contribution is 7.94. The second-order valence-corrected chi connectivity index (χ2v) is 12.3. The molecule has 0 aliphatic rings. The predicted molar refractivity (Wildman–Crippen MR) is 139 cm³/mol. The van der Waals surface area contributed by atoms with Crippen LogP contribution in [0.5, 0.6) is 0 Å². The number of thiazole rings is 1.